The number of anilines is 1. The molecule has 0 aromatic carbocycles. The summed E-state index contributed by atoms with van der Waals surface area (Å²) in [5.74, 6) is 0. The van der Waals surface area contributed by atoms with E-state index in [1.165, 1.54) is 0 Å². The van der Waals surface area contributed by atoms with E-state index in [1.54, 1.807) is 0 Å². The molecule has 4 heteroatoms. The molecule has 0 bridgehead atoms. The molecule has 3 nitrogen and oxygen atoms in total. The normalized spacial score (nSPS) is 9.92. The van der Waals surface area contributed by atoms with Gasteiger partial charge in [0.2, 0.25) is 0 Å². The lowest BCUT2D eigenvalue weighted by atomic mass is 10.3. The van der Waals surface area contributed by atoms with Gasteiger partial charge in [0.1, 0.15) is 4.60 Å². The van der Waals surface area contributed by atoms with Crippen molar-refractivity contribution in [2.24, 2.45) is 0 Å². The van der Waals surface area contributed by atoms with Crippen molar-refractivity contribution in [2.45, 2.75) is 6.92 Å². The van der Waals surface area contributed by atoms with Crippen molar-refractivity contribution in [2.75, 3.05) is 18.5 Å². The maximum Gasteiger partial charge on any atom is 0.106 e. The number of aliphatic hydroxyl groups excluding tert-OH is 1. The summed E-state index contributed by atoms with van der Waals surface area (Å²) in [6.45, 7) is 2.62. The zero-order valence-corrected chi connectivity index (χ0v) is 8.43. The Balaban J connectivity index is 2.72. The molecule has 0 fully saturated rings. The molecule has 0 radical (unpaired) electrons. The second-order valence-corrected chi connectivity index (χ2v) is 3.23. The highest BCUT2D eigenvalue weighted by Crippen LogP contribution is 2.15. The van der Waals surface area contributed by atoms with Gasteiger partial charge < -0.3 is 10.4 Å². The first kappa shape index (κ1) is 9.48. The molecule has 1 aromatic rings. The fourth-order valence-corrected chi connectivity index (χ4v) is 1.31. The van der Waals surface area contributed by atoms with Crippen molar-refractivity contribution in [1.82, 2.24) is 4.98 Å². The van der Waals surface area contributed by atoms with Crippen molar-refractivity contribution >= 4 is 21.6 Å². The zero-order chi connectivity index (χ0) is 8.97. The van der Waals surface area contributed by atoms with Crippen molar-refractivity contribution in [1.29, 1.82) is 0 Å². The van der Waals surface area contributed by atoms with Crippen molar-refractivity contribution in [3.05, 3.63) is 22.4 Å². The summed E-state index contributed by atoms with van der Waals surface area (Å²) in [6.07, 6.45) is 0. The van der Waals surface area contributed by atoms with Gasteiger partial charge in [0, 0.05) is 6.54 Å². The van der Waals surface area contributed by atoms with E-state index >= 15 is 0 Å². The van der Waals surface area contributed by atoms with Crippen LogP contribution in [0.15, 0.2) is 16.7 Å². The van der Waals surface area contributed by atoms with Crippen LogP contribution in [0.2, 0.25) is 0 Å². The SMILES string of the molecule is Cc1nc(Br)ccc1NCCO. The van der Waals surface area contributed by atoms with Gasteiger partial charge in [-0.25, -0.2) is 4.98 Å². The summed E-state index contributed by atoms with van der Waals surface area (Å²) in [7, 11) is 0. The Morgan fingerprint density at radius 2 is 2.33 bits per heavy atom. The Labute approximate surface area is 80.0 Å². The van der Waals surface area contributed by atoms with Gasteiger partial charge in [-0.2, -0.15) is 0 Å². The summed E-state index contributed by atoms with van der Waals surface area (Å²) < 4.78 is 0.828. The highest BCUT2D eigenvalue weighted by atomic mass is 79.9. The highest BCUT2D eigenvalue weighted by molar-refractivity contribution is 9.10. The van der Waals surface area contributed by atoms with Crippen LogP contribution in [0.5, 0.6) is 0 Å². The van der Waals surface area contributed by atoms with Gasteiger partial charge >= 0.3 is 0 Å². The third-order valence-corrected chi connectivity index (χ3v) is 1.92. The number of halogens is 1. The third kappa shape index (κ3) is 2.46. The van der Waals surface area contributed by atoms with Gasteiger partial charge in [-0.3, -0.25) is 0 Å². The van der Waals surface area contributed by atoms with Crippen LogP contribution in [0.4, 0.5) is 5.69 Å². The van der Waals surface area contributed by atoms with Crippen molar-refractivity contribution in [3.8, 4) is 0 Å². The Morgan fingerprint density at radius 1 is 1.58 bits per heavy atom. The first-order valence-corrected chi connectivity index (χ1v) is 4.51. The Hall–Kier alpha value is -0.610. The number of nitrogens with one attached hydrogen (secondary N) is 1. The standard InChI is InChI=1S/C8H11BrN2O/c1-6-7(10-4-5-12)2-3-8(9)11-6/h2-3,10,12H,4-5H2,1H3. The minimum absolute atomic E-state index is 0.134. The van der Waals surface area contributed by atoms with Gasteiger partial charge in [-0.15, -0.1) is 0 Å². The lowest BCUT2D eigenvalue weighted by Gasteiger charge is -2.06. The highest BCUT2D eigenvalue weighted by Gasteiger charge is 1.97. The van der Waals surface area contributed by atoms with Crippen LogP contribution in [0.25, 0.3) is 0 Å². The largest absolute Gasteiger partial charge is 0.395 e. The second kappa shape index (κ2) is 4.42. The molecule has 0 amide bonds. The maximum absolute atomic E-state index is 8.58. The molecule has 1 aromatic heterocycles. The molecule has 0 aliphatic carbocycles. The number of hydrogen-bond acceptors (Lipinski definition) is 3. The average molecular weight is 231 g/mol. The van der Waals surface area contributed by atoms with Gasteiger partial charge in [0.05, 0.1) is 18.0 Å². The quantitative estimate of drug-likeness (QED) is 0.776. The fourth-order valence-electron chi connectivity index (χ4n) is 0.908. The summed E-state index contributed by atoms with van der Waals surface area (Å²) in [5, 5.41) is 11.6. The van der Waals surface area contributed by atoms with E-state index in [4.69, 9.17) is 5.11 Å². The van der Waals surface area contributed by atoms with Crippen LogP contribution in [0, 0.1) is 6.92 Å². The first-order chi connectivity index (χ1) is 5.74. The molecule has 1 heterocycles. The van der Waals surface area contributed by atoms with E-state index in [-0.39, 0.29) is 6.61 Å². The molecule has 0 aliphatic heterocycles. The number of rotatable bonds is 3. The molecule has 0 unspecified atom stereocenters. The van der Waals surface area contributed by atoms with Crippen molar-refractivity contribution in [3.63, 3.8) is 0 Å². The summed E-state index contributed by atoms with van der Waals surface area (Å²) >= 11 is 3.28. The Morgan fingerprint density at radius 3 is 2.92 bits per heavy atom. The summed E-state index contributed by atoms with van der Waals surface area (Å²) in [5.41, 5.74) is 1.89. The molecule has 2 N–H and O–H groups in total. The zero-order valence-electron chi connectivity index (χ0n) is 6.84. The summed E-state index contributed by atoms with van der Waals surface area (Å²) in [4.78, 5) is 4.20. The van der Waals surface area contributed by atoms with Crippen LogP contribution >= 0.6 is 15.9 Å². The molecule has 1 rings (SSSR count). The third-order valence-electron chi connectivity index (χ3n) is 1.48. The molecule has 0 saturated heterocycles. The van der Waals surface area contributed by atoms with E-state index in [0.717, 1.165) is 16.0 Å². The predicted molar refractivity (Wildman–Crippen MR) is 52.2 cm³/mol. The Kier molecular flexibility index (Phi) is 3.49. The number of nitrogens with zero attached hydrogens (tertiary/aromatic N) is 1. The van der Waals surface area contributed by atoms with E-state index in [1.807, 2.05) is 19.1 Å². The monoisotopic (exact) mass is 230 g/mol. The van der Waals surface area contributed by atoms with E-state index in [0.29, 0.717) is 6.54 Å². The molecule has 66 valence electrons. The first-order valence-electron chi connectivity index (χ1n) is 3.72. The van der Waals surface area contributed by atoms with Crippen molar-refractivity contribution < 1.29 is 5.11 Å². The maximum atomic E-state index is 8.58. The number of aromatic nitrogens is 1. The average Bonchev–Trinajstić information content (AvgIpc) is 2.03. The number of hydrogen-bond donors (Lipinski definition) is 2. The van der Waals surface area contributed by atoms with Gasteiger partial charge in [0.25, 0.3) is 0 Å². The topological polar surface area (TPSA) is 45.2 Å². The molecule has 12 heavy (non-hydrogen) atoms. The van der Waals surface area contributed by atoms with Crippen LogP contribution in [-0.4, -0.2) is 23.2 Å². The van der Waals surface area contributed by atoms with Gasteiger partial charge in [0.15, 0.2) is 0 Å². The fraction of sp³-hybridized carbons (Fsp3) is 0.375. The van der Waals surface area contributed by atoms with E-state index in [9.17, 15) is 0 Å². The molecule has 0 spiro atoms. The minimum atomic E-state index is 0.134. The van der Waals surface area contributed by atoms with Gasteiger partial charge in [-0.05, 0) is 35.0 Å². The Bertz CT molecular complexity index is 265. The van der Waals surface area contributed by atoms with Crippen LogP contribution in [-0.2, 0) is 0 Å². The second-order valence-electron chi connectivity index (χ2n) is 2.42. The minimum Gasteiger partial charge on any atom is -0.395 e. The van der Waals surface area contributed by atoms with Crippen LogP contribution < -0.4 is 5.32 Å². The number of pyridine rings is 1. The lowest BCUT2D eigenvalue weighted by Crippen LogP contribution is -2.07. The van der Waals surface area contributed by atoms with E-state index in [2.05, 4.69) is 26.2 Å². The molecule has 0 saturated carbocycles. The molecule has 0 atom stereocenters. The van der Waals surface area contributed by atoms with Crippen LogP contribution in [0.1, 0.15) is 5.69 Å². The van der Waals surface area contributed by atoms with Gasteiger partial charge in [-0.1, -0.05) is 0 Å². The summed E-state index contributed by atoms with van der Waals surface area (Å²) in [6, 6.07) is 3.80. The predicted octanol–water partition coefficient (Wildman–Crippen LogP) is 1.56. The molecular weight excluding hydrogens is 220 g/mol. The smallest absolute Gasteiger partial charge is 0.106 e. The number of aryl methyl sites for hydroxylation is 1. The molecular formula is C8H11BrN2O. The van der Waals surface area contributed by atoms with Crippen LogP contribution in [0.3, 0.4) is 0 Å². The molecule has 0 aliphatic rings. The van der Waals surface area contributed by atoms with E-state index < -0.39 is 0 Å². The number of aliphatic hydroxyl groups is 1. The lowest BCUT2D eigenvalue weighted by molar-refractivity contribution is 0.311.